The summed E-state index contributed by atoms with van der Waals surface area (Å²) >= 11 is 5.41. The van der Waals surface area contributed by atoms with E-state index in [9.17, 15) is 9.59 Å². The number of unbranched alkanes of at least 4 members (excludes halogenated alkanes) is 2. The van der Waals surface area contributed by atoms with Crippen LogP contribution < -0.4 is 14.8 Å². The molecule has 1 N–H and O–H groups in total. The largest absolute Gasteiger partial charge is 0.454 e. The minimum absolute atomic E-state index is 0.00116. The number of thiocarbonyl (C=S) groups is 1. The fraction of sp³-hybridized carbons (Fsp3) is 0.462. The second-order valence-corrected chi connectivity index (χ2v) is 9.45. The van der Waals surface area contributed by atoms with Gasteiger partial charge in [0.2, 0.25) is 23.7 Å². The maximum Gasteiger partial charge on any atom is 0.241 e. The second kappa shape index (κ2) is 11.2. The Labute approximate surface area is 215 Å². The number of carbonyl (C=O) groups is 2. The highest BCUT2D eigenvalue weighted by atomic mass is 32.1. The molecule has 1 aromatic rings. The number of ether oxygens (including phenoxy) is 3. The minimum Gasteiger partial charge on any atom is -0.454 e. The number of benzene rings is 1. The Kier molecular flexibility index (Phi) is 7.62. The molecule has 1 aliphatic carbocycles. The van der Waals surface area contributed by atoms with Crippen LogP contribution in [-0.2, 0) is 20.9 Å². The van der Waals surface area contributed by atoms with E-state index in [1.54, 1.807) is 4.90 Å². The van der Waals surface area contributed by atoms with Crippen LogP contribution in [0.25, 0.3) is 0 Å². The van der Waals surface area contributed by atoms with Gasteiger partial charge >= 0.3 is 0 Å². The molecule has 0 bridgehead atoms. The fourth-order valence-corrected chi connectivity index (χ4v) is 4.92. The van der Waals surface area contributed by atoms with E-state index in [2.05, 4.69) is 15.2 Å². The number of hydrogen-bond acceptors (Lipinski definition) is 7. The molecule has 36 heavy (non-hydrogen) atoms. The average Bonchev–Trinajstić information content (AvgIpc) is 3.37. The van der Waals surface area contributed by atoms with Crippen molar-refractivity contribution in [2.45, 2.75) is 32.2 Å². The summed E-state index contributed by atoms with van der Waals surface area (Å²) in [5, 5.41) is 3.26. The van der Waals surface area contributed by atoms with Gasteiger partial charge < -0.3 is 24.4 Å². The van der Waals surface area contributed by atoms with E-state index in [4.69, 9.17) is 26.4 Å². The van der Waals surface area contributed by atoms with Gasteiger partial charge in [0.1, 0.15) is 5.92 Å². The van der Waals surface area contributed by atoms with E-state index in [1.165, 1.54) is 0 Å². The Hall–Kier alpha value is -3.24. The van der Waals surface area contributed by atoms with Crippen molar-refractivity contribution in [2.75, 3.05) is 39.6 Å². The molecule has 3 heterocycles. The zero-order valence-corrected chi connectivity index (χ0v) is 20.9. The molecule has 4 aliphatic rings. The predicted octanol–water partition coefficient (Wildman–Crippen LogP) is 2.56. The van der Waals surface area contributed by atoms with Gasteiger partial charge in [-0.1, -0.05) is 12.5 Å². The molecule has 3 aliphatic heterocycles. The molecule has 10 heteroatoms. The number of carbonyl (C=O) groups excluding carboxylic acids is 2. The molecule has 1 unspecified atom stereocenters. The van der Waals surface area contributed by atoms with Gasteiger partial charge in [0, 0.05) is 38.3 Å². The molecular formula is C26H30N4O5S. The summed E-state index contributed by atoms with van der Waals surface area (Å²) in [6.07, 6.45) is 8.65. The molecule has 0 spiro atoms. The lowest BCUT2D eigenvalue weighted by Gasteiger charge is -2.35. The lowest BCUT2D eigenvalue weighted by molar-refractivity contribution is -0.128. The van der Waals surface area contributed by atoms with Crippen LogP contribution in [0, 0.1) is 5.92 Å². The Bertz CT molecular complexity index is 1130. The van der Waals surface area contributed by atoms with Crippen molar-refractivity contribution in [3.8, 4) is 11.5 Å². The monoisotopic (exact) mass is 510 g/mol. The number of nitrogens with zero attached hydrogens (tertiary/aromatic N) is 3. The third-order valence-electron chi connectivity index (χ3n) is 6.66. The van der Waals surface area contributed by atoms with Crippen LogP contribution in [0.5, 0.6) is 11.5 Å². The quantitative estimate of drug-likeness (QED) is 0.403. The Balaban J connectivity index is 1.05. The molecule has 0 radical (unpaired) electrons. The average molecular weight is 511 g/mol. The van der Waals surface area contributed by atoms with Crippen molar-refractivity contribution >= 4 is 34.9 Å². The Morgan fingerprint density at radius 1 is 1.11 bits per heavy atom. The van der Waals surface area contributed by atoms with Crippen molar-refractivity contribution in [3.05, 3.63) is 47.7 Å². The summed E-state index contributed by atoms with van der Waals surface area (Å²) < 4.78 is 16.1. The number of hydrogen-bond donors (Lipinski definition) is 1. The Morgan fingerprint density at radius 3 is 2.81 bits per heavy atom. The van der Waals surface area contributed by atoms with Crippen LogP contribution in [0.2, 0.25) is 0 Å². The van der Waals surface area contributed by atoms with Crippen molar-refractivity contribution in [2.24, 2.45) is 10.9 Å². The van der Waals surface area contributed by atoms with Gasteiger partial charge in [-0.25, -0.2) is 4.99 Å². The van der Waals surface area contributed by atoms with Crippen LogP contribution in [-0.4, -0.2) is 72.1 Å². The van der Waals surface area contributed by atoms with Gasteiger partial charge in [-0.15, -0.1) is 0 Å². The van der Waals surface area contributed by atoms with E-state index >= 15 is 0 Å². The molecule has 1 saturated heterocycles. The molecule has 1 atom stereocenters. The summed E-state index contributed by atoms with van der Waals surface area (Å²) in [6.45, 7) is 4.20. The Morgan fingerprint density at radius 2 is 1.94 bits per heavy atom. The van der Waals surface area contributed by atoms with E-state index in [0.29, 0.717) is 49.3 Å². The van der Waals surface area contributed by atoms with Crippen LogP contribution in [0.15, 0.2) is 47.1 Å². The zero-order chi connectivity index (χ0) is 24.9. The first-order valence-electron chi connectivity index (χ1n) is 12.4. The fourth-order valence-electron chi connectivity index (χ4n) is 4.63. The van der Waals surface area contributed by atoms with E-state index in [-0.39, 0.29) is 18.6 Å². The smallest absolute Gasteiger partial charge is 0.241 e. The third kappa shape index (κ3) is 5.60. The van der Waals surface area contributed by atoms with Crippen molar-refractivity contribution in [1.29, 1.82) is 0 Å². The number of aliphatic imine (C=N–C) groups is 1. The first kappa shape index (κ1) is 24.5. The number of nitrogens with one attached hydrogen (secondary N) is 1. The van der Waals surface area contributed by atoms with Gasteiger partial charge in [-0.3, -0.25) is 14.5 Å². The molecule has 1 aromatic carbocycles. The van der Waals surface area contributed by atoms with E-state index in [1.807, 2.05) is 36.4 Å². The first-order valence-corrected chi connectivity index (χ1v) is 12.8. The SMILES string of the molecule is O=C(CCCCCN1C(=O)C2C=C(N3CCOCC3)C=CC2=NC1=S)NCc1ccc2c(c1)OCO2. The number of allylic oxidation sites excluding steroid dienone is 2. The normalized spacial score (nSPS) is 20.7. The summed E-state index contributed by atoms with van der Waals surface area (Å²) in [7, 11) is 0. The highest BCUT2D eigenvalue weighted by Crippen LogP contribution is 2.32. The molecular weight excluding hydrogens is 480 g/mol. The van der Waals surface area contributed by atoms with Gasteiger partial charge in [0.25, 0.3) is 0 Å². The molecule has 0 saturated carbocycles. The maximum absolute atomic E-state index is 13.2. The minimum atomic E-state index is -0.401. The van der Waals surface area contributed by atoms with Crippen molar-refractivity contribution in [1.82, 2.24) is 15.1 Å². The lowest BCUT2D eigenvalue weighted by atomic mass is 9.93. The molecule has 1 fully saturated rings. The summed E-state index contributed by atoms with van der Waals surface area (Å²) in [4.78, 5) is 33.8. The number of morpholine rings is 1. The van der Waals surface area contributed by atoms with Crippen LogP contribution in [0.3, 0.4) is 0 Å². The second-order valence-electron chi connectivity index (χ2n) is 9.09. The van der Waals surface area contributed by atoms with Crippen molar-refractivity contribution in [3.63, 3.8) is 0 Å². The lowest BCUT2D eigenvalue weighted by Crippen LogP contribution is -2.47. The van der Waals surface area contributed by atoms with Crippen molar-refractivity contribution < 1.29 is 23.8 Å². The van der Waals surface area contributed by atoms with E-state index < -0.39 is 5.92 Å². The number of fused-ring (bicyclic) bond motifs is 2. The van der Waals surface area contributed by atoms with Crippen LogP contribution in [0.1, 0.15) is 31.2 Å². The highest BCUT2D eigenvalue weighted by molar-refractivity contribution is 7.80. The maximum atomic E-state index is 13.2. The van der Waals surface area contributed by atoms with E-state index in [0.717, 1.165) is 49.4 Å². The topological polar surface area (TPSA) is 92.7 Å². The predicted molar refractivity (Wildman–Crippen MR) is 138 cm³/mol. The number of rotatable bonds is 9. The van der Waals surface area contributed by atoms with Crippen LogP contribution >= 0.6 is 12.2 Å². The van der Waals surface area contributed by atoms with Gasteiger partial charge in [0.15, 0.2) is 11.5 Å². The molecule has 5 rings (SSSR count). The molecule has 9 nitrogen and oxygen atoms in total. The molecule has 190 valence electrons. The first-order chi connectivity index (χ1) is 17.6. The third-order valence-corrected chi connectivity index (χ3v) is 6.97. The summed E-state index contributed by atoms with van der Waals surface area (Å²) in [6, 6.07) is 5.66. The zero-order valence-electron chi connectivity index (χ0n) is 20.1. The number of amides is 2. The highest BCUT2D eigenvalue weighted by Gasteiger charge is 2.35. The van der Waals surface area contributed by atoms with Crippen LogP contribution in [0.4, 0.5) is 0 Å². The standard InChI is InChI=1S/C26H30N4O5S/c31-24(27-16-18-5-8-22-23(14-18)35-17-34-22)4-2-1-3-9-30-25(32)20-15-19(29-10-12-33-13-11-29)6-7-21(20)28-26(30)36/h5-8,14-15,20H,1-4,9-13,16-17H2,(H,27,31). The molecule has 0 aromatic heterocycles. The summed E-state index contributed by atoms with van der Waals surface area (Å²) in [5.41, 5.74) is 2.71. The van der Waals surface area contributed by atoms with Gasteiger partial charge in [-0.05, 0) is 61.0 Å². The van der Waals surface area contributed by atoms with Gasteiger partial charge in [-0.2, -0.15) is 0 Å². The molecule has 2 amide bonds. The summed E-state index contributed by atoms with van der Waals surface area (Å²) in [5.74, 6) is 1.01. The van der Waals surface area contributed by atoms with Gasteiger partial charge in [0.05, 0.1) is 18.9 Å².